The van der Waals surface area contributed by atoms with E-state index in [1.54, 1.807) is 28.5 Å². The average Bonchev–Trinajstić information content (AvgIpc) is 3.21. The molecule has 7 heteroatoms. The summed E-state index contributed by atoms with van der Waals surface area (Å²) >= 11 is 6.48. The first-order chi connectivity index (χ1) is 12.2. The number of thioether (sulfide) groups is 1. The molecule has 0 saturated carbocycles. The van der Waals surface area contributed by atoms with E-state index in [2.05, 4.69) is 32.7 Å². The average molecular weight is 434 g/mol. The van der Waals surface area contributed by atoms with Crippen molar-refractivity contribution < 1.29 is 4.79 Å². The molecule has 1 atom stereocenters. The van der Waals surface area contributed by atoms with Gasteiger partial charge >= 0.3 is 0 Å². The maximum absolute atomic E-state index is 12.7. The van der Waals surface area contributed by atoms with Crippen LogP contribution in [0.5, 0.6) is 0 Å². The summed E-state index contributed by atoms with van der Waals surface area (Å²) < 4.78 is 1.03. The molecule has 0 spiro atoms. The Hall–Kier alpha value is -1.70. The number of thiophene rings is 1. The molecule has 0 unspecified atom stereocenters. The van der Waals surface area contributed by atoms with Gasteiger partial charge in [0, 0.05) is 15.9 Å². The molecule has 4 nitrogen and oxygen atoms in total. The van der Waals surface area contributed by atoms with Crippen molar-refractivity contribution in [3.63, 3.8) is 0 Å². The van der Waals surface area contributed by atoms with Crippen LogP contribution in [-0.2, 0) is 11.2 Å². The van der Waals surface area contributed by atoms with Crippen LogP contribution in [0.1, 0.15) is 10.4 Å². The maximum atomic E-state index is 12.7. The van der Waals surface area contributed by atoms with Crippen LogP contribution in [0.15, 0.2) is 69.1 Å². The molecule has 0 radical (unpaired) electrons. The van der Waals surface area contributed by atoms with Gasteiger partial charge < -0.3 is 0 Å². The number of rotatable bonds is 6. The van der Waals surface area contributed by atoms with Crippen LogP contribution < -0.4 is 0 Å². The fourth-order valence-electron chi connectivity index (χ4n) is 2.35. The zero-order valence-electron chi connectivity index (χ0n) is 13.3. The van der Waals surface area contributed by atoms with E-state index >= 15 is 0 Å². The lowest BCUT2D eigenvalue weighted by molar-refractivity contribution is -0.125. The van der Waals surface area contributed by atoms with E-state index in [9.17, 15) is 4.79 Å². The fraction of sp³-hybridized carbons (Fsp3) is 0.167. The van der Waals surface area contributed by atoms with Gasteiger partial charge in [0.2, 0.25) is 5.91 Å². The van der Waals surface area contributed by atoms with Crippen LogP contribution in [0, 0.1) is 0 Å². The lowest BCUT2D eigenvalue weighted by Crippen LogP contribution is -2.32. The minimum absolute atomic E-state index is 0.0536. The molecule has 1 aromatic carbocycles. The van der Waals surface area contributed by atoms with Gasteiger partial charge in [0.15, 0.2) is 5.17 Å². The first kappa shape index (κ1) is 18.1. The molecule has 3 rings (SSSR count). The van der Waals surface area contributed by atoms with E-state index in [4.69, 9.17) is 0 Å². The SMILES string of the molecule is C=CCN1C(=O)[C@@H](Cc2ccc(Br)cc2)S/C1=N\N=C/c1cccs1. The van der Waals surface area contributed by atoms with E-state index in [-0.39, 0.29) is 11.2 Å². The summed E-state index contributed by atoms with van der Waals surface area (Å²) in [5.74, 6) is 0.0536. The Morgan fingerprint density at radius 3 is 2.76 bits per heavy atom. The Bertz CT molecular complexity index is 800. The second kappa shape index (κ2) is 8.60. The fourth-order valence-corrected chi connectivity index (χ4v) is 4.34. The number of benzene rings is 1. The highest BCUT2D eigenvalue weighted by atomic mass is 79.9. The van der Waals surface area contributed by atoms with Crippen molar-refractivity contribution in [2.24, 2.45) is 10.2 Å². The molecule has 1 saturated heterocycles. The minimum Gasteiger partial charge on any atom is -0.285 e. The van der Waals surface area contributed by atoms with Crippen molar-refractivity contribution in [2.45, 2.75) is 11.7 Å². The molecule has 1 aliphatic heterocycles. The third-order valence-electron chi connectivity index (χ3n) is 3.54. The quantitative estimate of drug-likeness (QED) is 0.380. The number of hydrogen-bond acceptors (Lipinski definition) is 5. The van der Waals surface area contributed by atoms with E-state index in [0.29, 0.717) is 18.1 Å². The molecule has 128 valence electrons. The van der Waals surface area contributed by atoms with Crippen molar-refractivity contribution in [3.8, 4) is 0 Å². The summed E-state index contributed by atoms with van der Waals surface area (Å²) in [7, 11) is 0. The molecule has 25 heavy (non-hydrogen) atoms. The molecule has 1 amide bonds. The third kappa shape index (κ3) is 4.68. The Morgan fingerprint density at radius 1 is 1.28 bits per heavy atom. The van der Waals surface area contributed by atoms with Crippen molar-refractivity contribution in [1.82, 2.24) is 4.90 Å². The molecule has 1 aliphatic rings. The van der Waals surface area contributed by atoms with Gasteiger partial charge in [0.05, 0.1) is 11.5 Å². The number of nitrogens with zero attached hydrogens (tertiary/aromatic N) is 3. The molecular formula is C18H16BrN3OS2. The Labute approximate surface area is 163 Å². The molecule has 2 aromatic rings. The van der Waals surface area contributed by atoms with Crippen LogP contribution in [0.25, 0.3) is 0 Å². The molecule has 0 N–H and O–H groups in total. The van der Waals surface area contributed by atoms with Crippen LogP contribution in [-0.4, -0.2) is 34.0 Å². The summed E-state index contributed by atoms with van der Waals surface area (Å²) in [6.45, 7) is 4.17. The number of carbonyl (C=O) groups is 1. The summed E-state index contributed by atoms with van der Waals surface area (Å²) in [5.41, 5.74) is 1.12. The number of amides is 1. The van der Waals surface area contributed by atoms with Crippen molar-refractivity contribution in [2.75, 3.05) is 6.54 Å². The van der Waals surface area contributed by atoms with Gasteiger partial charge in [0.1, 0.15) is 0 Å². The number of carbonyl (C=O) groups excluding carboxylic acids is 1. The summed E-state index contributed by atoms with van der Waals surface area (Å²) in [6.07, 6.45) is 4.08. The minimum atomic E-state index is -0.184. The van der Waals surface area contributed by atoms with E-state index < -0.39 is 0 Å². The topological polar surface area (TPSA) is 45.0 Å². The van der Waals surface area contributed by atoms with Crippen molar-refractivity contribution >= 4 is 56.3 Å². The maximum Gasteiger partial charge on any atom is 0.242 e. The van der Waals surface area contributed by atoms with E-state index in [0.717, 1.165) is 14.9 Å². The van der Waals surface area contributed by atoms with Crippen LogP contribution >= 0.6 is 39.0 Å². The molecule has 1 fully saturated rings. The number of hydrogen-bond donors (Lipinski definition) is 0. The van der Waals surface area contributed by atoms with Gasteiger partial charge in [0.25, 0.3) is 0 Å². The normalized spacial score (nSPS) is 19.2. The highest BCUT2D eigenvalue weighted by Gasteiger charge is 2.37. The highest BCUT2D eigenvalue weighted by Crippen LogP contribution is 2.30. The lowest BCUT2D eigenvalue weighted by atomic mass is 10.1. The Morgan fingerprint density at radius 2 is 2.08 bits per heavy atom. The van der Waals surface area contributed by atoms with E-state index in [1.807, 2.05) is 41.8 Å². The summed E-state index contributed by atoms with van der Waals surface area (Å²) in [4.78, 5) is 15.4. The van der Waals surface area contributed by atoms with Gasteiger partial charge in [-0.15, -0.1) is 23.0 Å². The molecule has 0 bridgehead atoms. The summed E-state index contributed by atoms with van der Waals surface area (Å²) in [5, 5.41) is 10.8. The first-order valence-corrected chi connectivity index (χ1v) is 10.2. The van der Waals surface area contributed by atoms with Gasteiger partial charge in [-0.3, -0.25) is 9.69 Å². The van der Waals surface area contributed by atoms with Gasteiger partial charge in [-0.25, -0.2) is 0 Å². The Balaban J connectivity index is 1.74. The number of amidine groups is 1. The van der Waals surface area contributed by atoms with Crippen LogP contribution in [0.3, 0.4) is 0 Å². The van der Waals surface area contributed by atoms with E-state index in [1.165, 1.54) is 11.8 Å². The lowest BCUT2D eigenvalue weighted by Gasteiger charge is -2.12. The summed E-state index contributed by atoms with van der Waals surface area (Å²) in [6, 6.07) is 12.0. The van der Waals surface area contributed by atoms with Gasteiger partial charge in [-0.05, 0) is 35.6 Å². The zero-order valence-corrected chi connectivity index (χ0v) is 16.6. The molecule has 0 aliphatic carbocycles. The predicted octanol–water partition coefficient (Wildman–Crippen LogP) is 4.57. The predicted molar refractivity (Wildman–Crippen MR) is 110 cm³/mol. The van der Waals surface area contributed by atoms with Crippen molar-refractivity contribution in [3.05, 3.63) is 69.3 Å². The van der Waals surface area contributed by atoms with Crippen LogP contribution in [0.2, 0.25) is 0 Å². The largest absolute Gasteiger partial charge is 0.285 e. The van der Waals surface area contributed by atoms with Crippen LogP contribution in [0.4, 0.5) is 0 Å². The molecule has 2 heterocycles. The second-order valence-electron chi connectivity index (χ2n) is 5.32. The van der Waals surface area contributed by atoms with Gasteiger partial charge in [-0.2, -0.15) is 5.10 Å². The highest BCUT2D eigenvalue weighted by molar-refractivity contribution is 9.10. The monoisotopic (exact) mass is 433 g/mol. The van der Waals surface area contributed by atoms with Gasteiger partial charge in [-0.1, -0.05) is 52.0 Å². The zero-order chi connectivity index (χ0) is 17.6. The Kier molecular flexibility index (Phi) is 6.23. The standard InChI is InChI=1S/C18H16BrN3OS2/c1-2-9-22-17(23)16(11-13-5-7-14(19)8-6-13)25-18(22)21-20-12-15-4-3-10-24-15/h2-8,10,12,16H,1,9,11H2/b20-12-,21-18-/t16-/m1/s1. The van der Waals surface area contributed by atoms with Crippen molar-refractivity contribution in [1.29, 1.82) is 0 Å². The third-order valence-corrected chi connectivity index (χ3v) is 6.04. The first-order valence-electron chi connectivity index (χ1n) is 7.65. The molecular weight excluding hydrogens is 418 g/mol. The second-order valence-corrected chi connectivity index (χ2v) is 8.38. The smallest absolute Gasteiger partial charge is 0.242 e. The molecule has 1 aromatic heterocycles. The number of halogens is 1.